The van der Waals surface area contributed by atoms with Crippen LogP contribution < -0.4 is 5.32 Å². The number of aliphatic hydroxyl groups is 1. The van der Waals surface area contributed by atoms with Gasteiger partial charge in [0.25, 0.3) is 5.91 Å². The van der Waals surface area contributed by atoms with Gasteiger partial charge < -0.3 is 10.4 Å². The molecule has 1 atom stereocenters. The first-order chi connectivity index (χ1) is 9.06. The molecule has 0 spiro atoms. The topological polar surface area (TPSA) is 62.2 Å². The predicted octanol–water partition coefficient (Wildman–Crippen LogP) is 2.04. The second kappa shape index (κ2) is 5.80. The van der Waals surface area contributed by atoms with Crippen molar-refractivity contribution in [1.29, 1.82) is 0 Å². The number of nitrogens with zero attached hydrogens (tertiary/aromatic N) is 1. The summed E-state index contributed by atoms with van der Waals surface area (Å²) in [5, 5.41) is 12.9. The number of nitrogens with one attached hydrogen (secondary N) is 1. The maximum Gasteiger partial charge on any atom is 0.251 e. The molecule has 0 saturated carbocycles. The van der Waals surface area contributed by atoms with E-state index in [1.54, 1.807) is 13.0 Å². The highest BCUT2D eigenvalue weighted by Crippen LogP contribution is 2.14. The number of benzene rings is 1. The van der Waals surface area contributed by atoms with Crippen molar-refractivity contribution >= 4 is 16.8 Å². The molecule has 0 fully saturated rings. The summed E-state index contributed by atoms with van der Waals surface area (Å²) in [6.07, 6.45) is 0.157. The first-order valence-electron chi connectivity index (χ1n) is 6.40. The molecule has 1 heterocycles. The second-order valence-corrected chi connectivity index (χ2v) is 4.75. The molecule has 1 aromatic carbocycles. The fraction of sp³-hybridized carbons (Fsp3) is 0.333. The summed E-state index contributed by atoms with van der Waals surface area (Å²) in [7, 11) is 0. The van der Waals surface area contributed by atoms with E-state index < -0.39 is 6.10 Å². The molecule has 4 nitrogen and oxygen atoms in total. The number of carbonyl (C=O) groups is 1. The minimum Gasteiger partial charge on any atom is -0.393 e. The maximum atomic E-state index is 11.9. The van der Waals surface area contributed by atoms with E-state index in [1.165, 1.54) is 0 Å². The molecule has 0 aliphatic rings. The Labute approximate surface area is 112 Å². The summed E-state index contributed by atoms with van der Waals surface area (Å²) in [6.45, 7) is 4.12. The highest BCUT2D eigenvalue weighted by Gasteiger charge is 2.07. The number of carbonyl (C=O) groups excluding carboxylic acids is 1. The van der Waals surface area contributed by atoms with Crippen LogP contribution in [0.25, 0.3) is 10.9 Å². The Kier molecular flexibility index (Phi) is 4.12. The molecule has 2 rings (SSSR count). The molecule has 0 bridgehead atoms. The zero-order chi connectivity index (χ0) is 13.8. The monoisotopic (exact) mass is 258 g/mol. The van der Waals surface area contributed by atoms with Crippen LogP contribution in [-0.2, 0) is 0 Å². The second-order valence-electron chi connectivity index (χ2n) is 4.75. The SMILES string of the molecule is Cc1ccc2cc(C(=O)NCCC(C)O)ccc2n1. The van der Waals surface area contributed by atoms with Crippen LogP contribution in [-0.4, -0.2) is 28.6 Å². The van der Waals surface area contributed by atoms with Gasteiger partial charge in [0, 0.05) is 23.2 Å². The largest absolute Gasteiger partial charge is 0.393 e. The third kappa shape index (κ3) is 3.51. The molecule has 4 heteroatoms. The lowest BCUT2D eigenvalue weighted by Gasteiger charge is -2.07. The summed E-state index contributed by atoms with van der Waals surface area (Å²) in [5.41, 5.74) is 2.46. The van der Waals surface area contributed by atoms with Gasteiger partial charge in [-0.3, -0.25) is 9.78 Å². The Bertz CT molecular complexity index is 594. The lowest BCUT2D eigenvalue weighted by molar-refractivity contribution is 0.0945. The molecule has 2 aromatic rings. The standard InChI is InChI=1S/C15H18N2O2/c1-10-3-4-12-9-13(5-6-14(12)17-10)15(19)16-8-7-11(2)18/h3-6,9,11,18H,7-8H2,1-2H3,(H,16,19). The smallest absolute Gasteiger partial charge is 0.251 e. The Morgan fingerprint density at radius 1 is 1.37 bits per heavy atom. The van der Waals surface area contributed by atoms with E-state index in [1.807, 2.05) is 31.2 Å². The summed E-state index contributed by atoms with van der Waals surface area (Å²) < 4.78 is 0. The zero-order valence-corrected chi connectivity index (χ0v) is 11.2. The van der Waals surface area contributed by atoms with Crippen LogP contribution in [0, 0.1) is 6.92 Å². The Balaban J connectivity index is 2.12. The number of rotatable bonds is 4. The lowest BCUT2D eigenvalue weighted by atomic mass is 10.1. The van der Waals surface area contributed by atoms with Crippen molar-refractivity contribution in [3.05, 3.63) is 41.6 Å². The van der Waals surface area contributed by atoms with Crippen LogP contribution in [0.1, 0.15) is 29.4 Å². The van der Waals surface area contributed by atoms with E-state index in [9.17, 15) is 4.79 Å². The van der Waals surface area contributed by atoms with E-state index in [0.717, 1.165) is 16.6 Å². The van der Waals surface area contributed by atoms with Crippen LogP contribution in [0.5, 0.6) is 0 Å². The van der Waals surface area contributed by atoms with E-state index >= 15 is 0 Å². The number of amides is 1. The average molecular weight is 258 g/mol. The van der Waals surface area contributed by atoms with Gasteiger partial charge in [0.15, 0.2) is 0 Å². The van der Waals surface area contributed by atoms with Gasteiger partial charge in [0.1, 0.15) is 0 Å². The van der Waals surface area contributed by atoms with Crippen molar-refractivity contribution in [2.75, 3.05) is 6.54 Å². The molecule has 19 heavy (non-hydrogen) atoms. The average Bonchev–Trinajstić information content (AvgIpc) is 2.37. The third-order valence-corrected chi connectivity index (χ3v) is 2.94. The van der Waals surface area contributed by atoms with E-state index in [0.29, 0.717) is 18.5 Å². The summed E-state index contributed by atoms with van der Waals surface area (Å²) in [4.78, 5) is 16.3. The van der Waals surface area contributed by atoms with E-state index in [4.69, 9.17) is 5.11 Å². The van der Waals surface area contributed by atoms with Gasteiger partial charge in [-0.2, -0.15) is 0 Å². The Hall–Kier alpha value is -1.94. The number of pyridine rings is 1. The summed E-state index contributed by atoms with van der Waals surface area (Å²) in [5.74, 6) is -0.122. The van der Waals surface area contributed by atoms with E-state index in [2.05, 4.69) is 10.3 Å². The number of hydrogen-bond acceptors (Lipinski definition) is 3. The van der Waals surface area contributed by atoms with Gasteiger partial charge in [-0.05, 0) is 44.5 Å². The highest BCUT2D eigenvalue weighted by atomic mass is 16.3. The fourth-order valence-corrected chi connectivity index (χ4v) is 1.87. The minimum atomic E-state index is -0.399. The zero-order valence-electron chi connectivity index (χ0n) is 11.2. The van der Waals surface area contributed by atoms with Crippen molar-refractivity contribution in [3.8, 4) is 0 Å². The van der Waals surface area contributed by atoms with Crippen LogP contribution in [0.3, 0.4) is 0 Å². The normalized spacial score (nSPS) is 12.4. The number of aliphatic hydroxyl groups excluding tert-OH is 1. The van der Waals surface area contributed by atoms with Crippen molar-refractivity contribution in [3.63, 3.8) is 0 Å². The lowest BCUT2D eigenvalue weighted by Crippen LogP contribution is -2.26. The van der Waals surface area contributed by atoms with Crippen molar-refractivity contribution in [1.82, 2.24) is 10.3 Å². The Morgan fingerprint density at radius 3 is 2.89 bits per heavy atom. The van der Waals surface area contributed by atoms with Crippen molar-refractivity contribution in [2.24, 2.45) is 0 Å². The maximum absolute atomic E-state index is 11.9. The van der Waals surface area contributed by atoms with Gasteiger partial charge in [-0.1, -0.05) is 6.07 Å². The van der Waals surface area contributed by atoms with Crippen LogP contribution >= 0.6 is 0 Å². The number of hydrogen-bond donors (Lipinski definition) is 2. The quantitative estimate of drug-likeness (QED) is 0.882. The molecule has 2 N–H and O–H groups in total. The summed E-state index contributed by atoms with van der Waals surface area (Å²) in [6, 6.07) is 9.35. The summed E-state index contributed by atoms with van der Waals surface area (Å²) >= 11 is 0. The molecular formula is C15H18N2O2. The minimum absolute atomic E-state index is 0.122. The molecule has 1 unspecified atom stereocenters. The van der Waals surface area contributed by atoms with Crippen LogP contribution in [0.2, 0.25) is 0 Å². The number of fused-ring (bicyclic) bond motifs is 1. The van der Waals surface area contributed by atoms with Crippen molar-refractivity contribution < 1.29 is 9.90 Å². The molecule has 0 aliphatic heterocycles. The van der Waals surface area contributed by atoms with Gasteiger partial charge in [-0.25, -0.2) is 0 Å². The van der Waals surface area contributed by atoms with Crippen molar-refractivity contribution in [2.45, 2.75) is 26.4 Å². The number of aromatic nitrogens is 1. The Morgan fingerprint density at radius 2 is 2.16 bits per heavy atom. The number of aryl methyl sites for hydroxylation is 1. The first kappa shape index (κ1) is 13.5. The molecule has 1 amide bonds. The molecule has 0 aliphatic carbocycles. The molecule has 1 aromatic heterocycles. The van der Waals surface area contributed by atoms with E-state index in [-0.39, 0.29) is 5.91 Å². The third-order valence-electron chi connectivity index (χ3n) is 2.94. The molecular weight excluding hydrogens is 240 g/mol. The van der Waals surface area contributed by atoms with Gasteiger partial charge in [-0.15, -0.1) is 0 Å². The highest BCUT2D eigenvalue weighted by molar-refractivity contribution is 5.97. The first-order valence-corrected chi connectivity index (χ1v) is 6.40. The van der Waals surface area contributed by atoms with Crippen LogP contribution in [0.4, 0.5) is 0 Å². The van der Waals surface area contributed by atoms with Gasteiger partial charge in [0.2, 0.25) is 0 Å². The predicted molar refractivity (Wildman–Crippen MR) is 75.1 cm³/mol. The fourth-order valence-electron chi connectivity index (χ4n) is 1.87. The molecule has 0 saturated heterocycles. The van der Waals surface area contributed by atoms with Gasteiger partial charge >= 0.3 is 0 Å². The van der Waals surface area contributed by atoms with Gasteiger partial charge in [0.05, 0.1) is 11.6 Å². The van der Waals surface area contributed by atoms with Crippen LogP contribution in [0.15, 0.2) is 30.3 Å². The molecule has 100 valence electrons. The molecule has 0 radical (unpaired) electrons.